The maximum Gasteiger partial charge on any atom is 0.133 e. The zero-order chi connectivity index (χ0) is 12.4. The largest absolute Gasteiger partial charge is 0.496 e. The normalized spacial score (nSPS) is 12.5. The van der Waals surface area contributed by atoms with E-state index in [1.54, 1.807) is 37.2 Å². The van der Waals surface area contributed by atoms with Crippen LogP contribution in [0.1, 0.15) is 17.4 Å². The van der Waals surface area contributed by atoms with Gasteiger partial charge in [0.25, 0.3) is 0 Å². The molecule has 90 valence electrons. The summed E-state index contributed by atoms with van der Waals surface area (Å²) >= 11 is 3.38. The molecule has 1 heterocycles. The first-order valence-corrected chi connectivity index (χ1v) is 5.79. The van der Waals surface area contributed by atoms with Gasteiger partial charge in [-0.2, -0.15) is 0 Å². The van der Waals surface area contributed by atoms with Crippen LogP contribution in [-0.2, 0) is 7.05 Å². The van der Waals surface area contributed by atoms with Crippen LogP contribution in [0, 0.1) is 0 Å². The molecule has 1 atom stereocenters. The molecule has 1 aromatic heterocycles. The van der Waals surface area contributed by atoms with Crippen molar-refractivity contribution in [1.82, 2.24) is 15.0 Å². The number of hydrogen-bond donors (Lipinski definition) is 1. The Morgan fingerprint density at radius 3 is 2.76 bits per heavy atom. The average Bonchev–Trinajstić information content (AvgIpc) is 2.74. The molecule has 0 radical (unpaired) electrons. The van der Waals surface area contributed by atoms with Crippen LogP contribution in [0.5, 0.6) is 5.75 Å². The van der Waals surface area contributed by atoms with E-state index in [0.29, 0.717) is 5.69 Å². The van der Waals surface area contributed by atoms with Gasteiger partial charge in [0.1, 0.15) is 11.9 Å². The van der Waals surface area contributed by atoms with Crippen LogP contribution in [-0.4, -0.2) is 27.2 Å². The number of methoxy groups -OCH3 is 1. The Morgan fingerprint density at radius 2 is 2.24 bits per heavy atom. The minimum absolute atomic E-state index is 0.641. The number of aryl methyl sites for hydroxylation is 1. The molecule has 0 aliphatic carbocycles. The van der Waals surface area contributed by atoms with Crippen molar-refractivity contribution >= 4 is 15.9 Å². The topological polar surface area (TPSA) is 60.2 Å². The van der Waals surface area contributed by atoms with Crippen molar-refractivity contribution in [3.8, 4) is 5.75 Å². The molecule has 5 nitrogen and oxygen atoms in total. The highest BCUT2D eigenvalue weighted by molar-refractivity contribution is 9.10. The Kier molecular flexibility index (Phi) is 3.44. The van der Waals surface area contributed by atoms with Gasteiger partial charge in [0, 0.05) is 7.05 Å². The van der Waals surface area contributed by atoms with Gasteiger partial charge in [0.15, 0.2) is 0 Å². The van der Waals surface area contributed by atoms with Gasteiger partial charge in [-0.3, -0.25) is 0 Å². The van der Waals surface area contributed by atoms with Gasteiger partial charge in [0.05, 0.1) is 23.5 Å². The van der Waals surface area contributed by atoms with Crippen molar-refractivity contribution in [3.05, 3.63) is 40.1 Å². The molecule has 0 saturated heterocycles. The number of aliphatic hydroxyl groups excluding tert-OH is 1. The van der Waals surface area contributed by atoms with E-state index in [4.69, 9.17) is 4.74 Å². The summed E-state index contributed by atoms with van der Waals surface area (Å²) in [5, 5.41) is 17.7. The first kappa shape index (κ1) is 12.1. The molecule has 1 aromatic carbocycles. The Labute approximate surface area is 107 Å². The van der Waals surface area contributed by atoms with Gasteiger partial charge in [-0.15, -0.1) is 5.10 Å². The van der Waals surface area contributed by atoms with Gasteiger partial charge in [-0.05, 0) is 33.6 Å². The highest BCUT2D eigenvalue weighted by Crippen LogP contribution is 2.30. The number of hydrogen-bond acceptors (Lipinski definition) is 4. The highest BCUT2D eigenvalue weighted by Gasteiger charge is 2.16. The Bertz CT molecular complexity index is 527. The Morgan fingerprint density at radius 1 is 1.47 bits per heavy atom. The first-order chi connectivity index (χ1) is 8.13. The van der Waals surface area contributed by atoms with Gasteiger partial charge in [-0.1, -0.05) is 11.3 Å². The third-order valence-corrected chi connectivity index (χ3v) is 3.14. The van der Waals surface area contributed by atoms with Crippen molar-refractivity contribution in [2.45, 2.75) is 6.10 Å². The fourth-order valence-corrected chi connectivity index (χ4v) is 2.13. The summed E-state index contributed by atoms with van der Waals surface area (Å²) in [6, 6.07) is 5.42. The van der Waals surface area contributed by atoms with Crippen molar-refractivity contribution in [3.63, 3.8) is 0 Å². The van der Waals surface area contributed by atoms with Crippen LogP contribution >= 0.6 is 15.9 Å². The van der Waals surface area contributed by atoms with E-state index in [0.717, 1.165) is 15.8 Å². The minimum atomic E-state index is -0.753. The van der Waals surface area contributed by atoms with E-state index >= 15 is 0 Å². The molecule has 2 rings (SSSR count). The van der Waals surface area contributed by atoms with Crippen molar-refractivity contribution in [1.29, 1.82) is 0 Å². The summed E-state index contributed by atoms with van der Waals surface area (Å²) in [4.78, 5) is 0. The number of benzene rings is 1. The number of halogens is 1. The third-order valence-electron chi connectivity index (χ3n) is 2.52. The van der Waals surface area contributed by atoms with Crippen LogP contribution in [0.4, 0.5) is 0 Å². The maximum atomic E-state index is 10.2. The van der Waals surface area contributed by atoms with Crippen molar-refractivity contribution < 1.29 is 9.84 Å². The molecule has 17 heavy (non-hydrogen) atoms. The van der Waals surface area contributed by atoms with E-state index in [1.807, 2.05) is 6.07 Å². The minimum Gasteiger partial charge on any atom is -0.496 e. The second-order valence-electron chi connectivity index (χ2n) is 3.58. The molecular formula is C11H12BrN3O2. The lowest BCUT2D eigenvalue weighted by Crippen LogP contribution is -2.06. The molecule has 0 fully saturated rings. The van der Waals surface area contributed by atoms with E-state index in [1.165, 1.54) is 0 Å². The predicted octanol–water partition coefficient (Wildman–Crippen LogP) is 1.67. The molecule has 0 amide bonds. The monoisotopic (exact) mass is 297 g/mol. The number of nitrogens with zero attached hydrogens (tertiary/aromatic N) is 3. The molecule has 6 heteroatoms. The molecule has 0 aliphatic heterocycles. The summed E-state index contributed by atoms with van der Waals surface area (Å²) in [5.74, 6) is 0.726. The fraction of sp³-hybridized carbons (Fsp3) is 0.273. The van der Waals surface area contributed by atoms with E-state index in [-0.39, 0.29) is 0 Å². The number of aromatic nitrogens is 3. The molecule has 0 spiro atoms. The SMILES string of the molecule is COc1ccc(C(O)c2cnnn2C)cc1Br. The zero-order valence-corrected chi connectivity index (χ0v) is 11.0. The summed E-state index contributed by atoms with van der Waals surface area (Å²) in [6.07, 6.45) is 0.792. The lowest BCUT2D eigenvalue weighted by molar-refractivity contribution is 0.209. The quantitative estimate of drug-likeness (QED) is 0.936. The molecule has 2 aromatic rings. The molecular weight excluding hydrogens is 286 g/mol. The van der Waals surface area contributed by atoms with E-state index in [2.05, 4.69) is 26.2 Å². The summed E-state index contributed by atoms with van der Waals surface area (Å²) in [6.45, 7) is 0. The highest BCUT2D eigenvalue weighted by atomic mass is 79.9. The third kappa shape index (κ3) is 2.32. The van der Waals surface area contributed by atoms with Gasteiger partial charge in [-0.25, -0.2) is 4.68 Å². The zero-order valence-electron chi connectivity index (χ0n) is 9.46. The second-order valence-corrected chi connectivity index (χ2v) is 4.43. The second kappa shape index (κ2) is 4.85. The van der Waals surface area contributed by atoms with Crippen molar-refractivity contribution in [2.24, 2.45) is 7.05 Å². The standard InChI is InChI=1S/C11H12BrN3O2/c1-15-9(6-13-14-15)11(16)7-3-4-10(17-2)8(12)5-7/h3-6,11,16H,1-2H3. The fourth-order valence-electron chi connectivity index (χ4n) is 1.57. The van der Waals surface area contributed by atoms with Crippen LogP contribution in [0.15, 0.2) is 28.9 Å². The Balaban J connectivity index is 2.35. The van der Waals surface area contributed by atoms with Crippen LogP contribution in [0.25, 0.3) is 0 Å². The lowest BCUT2D eigenvalue weighted by Gasteiger charge is -2.12. The smallest absolute Gasteiger partial charge is 0.133 e. The van der Waals surface area contributed by atoms with Crippen molar-refractivity contribution in [2.75, 3.05) is 7.11 Å². The van der Waals surface area contributed by atoms with Crippen LogP contribution < -0.4 is 4.74 Å². The van der Waals surface area contributed by atoms with Crippen LogP contribution in [0.3, 0.4) is 0 Å². The number of ether oxygens (including phenoxy) is 1. The molecule has 1 N–H and O–H groups in total. The summed E-state index contributed by atoms with van der Waals surface area (Å²) in [7, 11) is 3.34. The maximum absolute atomic E-state index is 10.2. The Hall–Kier alpha value is -1.40. The van der Waals surface area contributed by atoms with E-state index in [9.17, 15) is 5.11 Å². The number of rotatable bonds is 3. The first-order valence-electron chi connectivity index (χ1n) is 4.99. The van der Waals surface area contributed by atoms with Gasteiger partial charge in [0.2, 0.25) is 0 Å². The molecule has 0 saturated carbocycles. The molecule has 0 aliphatic rings. The lowest BCUT2D eigenvalue weighted by atomic mass is 10.1. The molecule has 1 unspecified atom stereocenters. The number of aliphatic hydroxyl groups is 1. The van der Waals surface area contributed by atoms with Gasteiger partial charge < -0.3 is 9.84 Å². The van der Waals surface area contributed by atoms with E-state index < -0.39 is 6.10 Å². The van der Waals surface area contributed by atoms with Gasteiger partial charge >= 0.3 is 0 Å². The van der Waals surface area contributed by atoms with Crippen LogP contribution in [0.2, 0.25) is 0 Å². The summed E-state index contributed by atoms with van der Waals surface area (Å²) in [5.41, 5.74) is 1.39. The molecule has 0 bridgehead atoms. The predicted molar refractivity (Wildman–Crippen MR) is 65.8 cm³/mol. The average molecular weight is 298 g/mol. The summed E-state index contributed by atoms with van der Waals surface area (Å²) < 4.78 is 7.48.